The Hall–Kier alpha value is -1.69. The summed E-state index contributed by atoms with van der Waals surface area (Å²) in [5.41, 5.74) is 0.832. The highest BCUT2D eigenvalue weighted by Crippen LogP contribution is 2.33. The van der Waals surface area contributed by atoms with E-state index in [1.807, 2.05) is 23.7 Å². The van der Waals surface area contributed by atoms with Crippen molar-refractivity contribution >= 4 is 11.5 Å². The molecule has 2 aromatic rings. The Labute approximate surface area is 124 Å². The van der Waals surface area contributed by atoms with Gasteiger partial charge in [-0.1, -0.05) is 6.42 Å². The van der Waals surface area contributed by atoms with Crippen LogP contribution in [0, 0.1) is 6.92 Å². The molecule has 2 aliphatic rings. The van der Waals surface area contributed by atoms with Crippen molar-refractivity contribution in [2.75, 3.05) is 12.4 Å². The topological polar surface area (TPSA) is 58.4 Å². The summed E-state index contributed by atoms with van der Waals surface area (Å²) >= 11 is 0. The van der Waals surface area contributed by atoms with Crippen LogP contribution in [0.4, 0.5) is 5.82 Å². The van der Waals surface area contributed by atoms with Crippen LogP contribution in [0.5, 0.6) is 0 Å². The van der Waals surface area contributed by atoms with E-state index in [1.54, 1.807) is 0 Å². The molecular weight excluding hydrogens is 264 g/mol. The third-order valence-corrected chi connectivity index (χ3v) is 5.18. The number of hydrogen-bond acceptors (Lipinski definition) is 5. The van der Waals surface area contributed by atoms with Gasteiger partial charge in [-0.25, -0.2) is 4.98 Å². The Morgan fingerprint density at radius 3 is 2.71 bits per heavy atom. The molecule has 2 fully saturated rings. The minimum Gasteiger partial charge on any atom is -0.364 e. The fraction of sp³-hybridized carbons (Fsp3) is 0.667. The lowest BCUT2D eigenvalue weighted by Gasteiger charge is -2.47. The fourth-order valence-electron chi connectivity index (χ4n) is 3.97. The van der Waals surface area contributed by atoms with Crippen LogP contribution < -0.4 is 5.32 Å². The van der Waals surface area contributed by atoms with Gasteiger partial charge in [-0.2, -0.15) is 0 Å². The molecule has 0 spiro atoms. The molecule has 2 aliphatic heterocycles. The standard InChI is InChI=1S/C15H22N6/c1-10-18-19-15-14(16-6-7-21(10)15)17-11-8-12-4-3-5-13(9-11)20(12)2/h6-7,11-13H,3-5,8-9H2,1-2H3,(H,16,17). The van der Waals surface area contributed by atoms with Gasteiger partial charge in [0.2, 0.25) is 5.65 Å². The van der Waals surface area contributed by atoms with Gasteiger partial charge in [0.05, 0.1) is 0 Å². The molecule has 0 aliphatic carbocycles. The van der Waals surface area contributed by atoms with Crippen LogP contribution in [0.1, 0.15) is 37.9 Å². The Balaban J connectivity index is 1.58. The predicted octanol–water partition coefficient (Wildman–Crippen LogP) is 1.86. The second kappa shape index (κ2) is 4.94. The molecule has 112 valence electrons. The molecule has 2 saturated heterocycles. The van der Waals surface area contributed by atoms with Gasteiger partial charge in [-0.05, 0) is 39.7 Å². The lowest BCUT2D eigenvalue weighted by atomic mass is 9.82. The zero-order valence-electron chi connectivity index (χ0n) is 12.7. The SMILES string of the molecule is Cc1nnc2c(NC3CC4CCCC(C3)N4C)nccn12. The summed E-state index contributed by atoms with van der Waals surface area (Å²) in [6.07, 6.45) is 10.2. The first kappa shape index (κ1) is 13.0. The summed E-state index contributed by atoms with van der Waals surface area (Å²) in [5, 5.41) is 12.0. The number of rotatable bonds is 2. The molecule has 0 amide bonds. The van der Waals surface area contributed by atoms with Gasteiger partial charge in [-0.3, -0.25) is 4.40 Å². The van der Waals surface area contributed by atoms with Crippen LogP contribution in [0.2, 0.25) is 0 Å². The Morgan fingerprint density at radius 1 is 1.19 bits per heavy atom. The van der Waals surface area contributed by atoms with Gasteiger partial charge in [0.1, 0.15) is 5.82 Å². The van der Waals surface area contributed by atoms with Crippen molar-refractivity contribution in [1.82, 2.24) is 24.5 Å². The molecule has 2 atom stereocenters. The van der Waals surface area contributed by atoms with Crippen molar-refractivity contribution < 1.29 is 0 Å². The van der Waals surface area contributed by atoms with E-state index in [-0.39, 0.29) is 0 Å². The van der Waals surface area contributed by atoms with Crippen molar-refractivity contribution in [3.63, 3.8) is 0 Å². The number of anilines is 1. The van der Waals surface area contributed by atoms with Crippen molar-refractivity contribution in [3.05, 3.63) is 18.2 Å². The summed E-state index contributed by atoms with van der Waals surface area (Å²) in [5.74, 6) is 1.77. The molecule has 2 aromatic heterocycles. The fourth-order valence-corrected chi connectivity index (χ4v) is 3.97. The molecule has 0 saturated carbocycles. The van der Waals surface area contributed by atoms with E-state index in [9.17, 15) is 0 Å². The predicted molar refractivity (Wildman–Crippen MR) is 81.4 cm³/mol. The quantitative estimate of drug-likeness (QED) is 0.913. The third kappa shape index (κ3) is 2.18. The minimum absolute atomic E-state index is 0.493. The largest absolute Gasteiger partial charge is 0.364 e. The molecule has 2 unspecified atom stereocenters. The molecular formula is C15H22N6. The Bertz CT molecular complexity index is 637. The molecule has 2 bridgehead atoms. The Kier molecular flexibility index (Phi) is 3.06. The number of aryl methyl sites for hydroxylation is 1. The van der Waals surface area contributed by atoms with Crippen LogP contribution in [0.3, 0.4) is 0 Å². The smallest absolute Gasteiger partial charge is 0.203 e. The molecule has 1 N–H and O–H groups in total. The molecule has 6 nitrogen and oxygen atoms in total. The number of nitrogens with zero attached hydrogens (tertiary/aromatic N) is 5. The van der Waals surface area contributed by atoms with Crippen molar-refractivity contribution in [3.8, 4) is 0 Å². The molecule has 21 heavy (non-hydrogen) atoms. The number of fused-ring (bicyclic) bond motifs is 3. The maximum absolute atomic E-state index is 4.48. The Morgan fingerprint density at radius 2 is 1.95 bits per heavy atom. The number of nitrogens with one attached hydrogen (secondary N) is 1. The summed E-state index contributed by atoms with van der Waals surface area (Å²) in [4.78, 5) is 7.06. The lowest BCUT2D eigenvalue weighted by molar-refractivity contribution is 0.0608. The molecule has 0 radical (unpaired) electrons. The third-order valence-electron chi connectivity index (χ3n) is 5.18. The van der Waals surface area contributed by atoms with Crippen LogP contribution in [-0.4, -0.2) is 49.7 Å². The van der Waals surface area contributed by atoms with E-state index < -0.39 is 0 Å². The first-order chi connectivity index (χ1) is 10.2. The van der Waals surface area contributed by atoms with Crippen LogP contribution in [0.15, 0.2) is 12.4 Å². The molecule has 4 heterocycles. The van der Waals surface area contributed by atoms with Gasteiger partial charge >= 0.3 is 0 Å². The van der Waals surface area contributed by atoms with Gasteiger partial charge < -0.3 is 10.2 Å². The van der Waals surface area contributed by atoms with Crippen LogP contribution >= 0.6 is 0 Å². The van der Waals surface area contributed by atoms with Crippen LogP contribution in [0.25, 0.3) is 5.65 Å². The number of piperidine rings is 2. The molecule has 0 aromatic carbocycles. The highest BCUT2D eigenvalue weighted by atomic mass is 15.3. The summed E-state index contributed by atoms with van der Waals surface area (Å²) in [6, 6.07) is 1.93. The highest BCUT2D eigenvalue weighted by molar-refractivity contribution is 5.62. The maximum Gasteiger partial charge on any atom is 0.203 e. The van der Waals surface area contributed by atoms with Crippen molar-refractivity contribution in [1.29, 1.82) is 0 Å². The van der Waals surface area contributed by atoms with Crippen molar-refractivity contribution in [2.24, 2.45) is 0 Å². The zero-order valence-corrected chi connectivity index (χ0v) is 12.7. The lowest BCUT2D eigenvalue weighted by Crippen LogP contribution is -2.52. The van der Waals surface area contributed by atoms with E-state index in [0.29, 0.717) is 18.1 Å². The van der Waals surface area contributed by atoms with E-state index >= 15 is 0 Å². The van der Waals surface area contributed by atoms with Gasteiger partial charge in [0, 0.05) is 30.5 Å². The van der Waals surface area contributed by atoms with Crippen LogP contribution in [-0.2, 0) is 0 Å². The normalized spacial score (nSPS) is 29.7. The van der Waals surface area contributed by atoms with Gasteiger partial charge in [0.15, 0.2) is 5.82 Å². The van der Waals surface area contributed by atoms with Gasteiger partial charge in [0.25, 0.3) is 0 Å². The maximum atomic E-state index is 4.48. The summed E-state index contributed by atoms with van der Waals surface area (Å²) in [6.45, 7) is 1.96. The monoisotopic (exact) mass is 286 g/mol. The first-order valence-corrected chi connectivity index (χ1v) is 7.87. The van der Waals surface area contributed by atoms with Crippen molar-refractivity contribution in [2.45, 2.75) is 57.2 Å². The number of hydrogen-bond donors (Lipinski definition) is 1. The average molecular weight is 286 g/mol. The second-order valence-corrected chi connectivity index (χ2v) is 6.43. The van der Waals surface area contributed by atoms with E-state index in [4.69, 9.17) is 0 Å². The summed E-state index contributed by atoms with van der Waals surface area (Å²) in [7, 11) is 2.28. The van der Waals surface area contributed by atoms with E-state index in [0.717, 1.165) is 17.3 Å². The summed E-state index contributed by atoms with van der Waals surface area (Å²) < 4.78 is 1.99. The van der Waals surface area contributed by atoms with E-state index in [1.165, 1.54) is 32.1 Å². The highest BCUT2D eigenvalue weighted by Gasteiger charge is 2.36. The molecule has 4 rings (SSSR count). The minimum atomic E-state index is 0.493. The van der Waals surface area contributed by atoms with E-state index in [2.05, 4.69) is 32.4 Å². The van der Waals surface area contributed by atoms with Gasteiger partial charge in [-0.15, -0.1) is 10.2 Å². The second-order valence-electron chi connectivity index (χ2n) is 6.43. The zero-order chi connectivity index (χ0) is 14.4. The first-order valence-electron chi connectivity index (χ1n) is 7.87. The average Bonchev–Trinajstić information content (AvgIpc) is 2.83. The molecule has 6 heteroatoms. The number of aromatic nitrogens is 4.